The van der Waals surface area contributed by atoms with Crippen LogP contribution in [-0.2, 0) is 0 Å². The highest BCUT2D eigenvalue weighted by atomic mass is 19.4. The van der Waals surface area contributed by atoms with E-state index in [-0.39, 0.29) is 12.8 Å². The molecule has 2 N–H and O–H groups in total. The molecule has 0 fully saturated rings. The standard InChI is InChI=1S/C14H16F3NO/c1-9-4-5-12-10(7-9)8-13(19-12)11(18)3-2-6-14(15,16)17/h4-5,7-8,11H,2-3,6,18H2,1H3. The Balaban J connectivity index is 2.03. The summed E-state index contributed by atoms with van der Waals surface area (Å²) in [7, 11) is 0. The lowest BCUT2D eigenvalue weighted by Gasteiger charge is -2.09. The Bertz CT molecular complexity index is 559. The Morgan fingerprint density at radius 1 is 1.26 bits per heavy atom. The number of hydrogen-bond acceptors (Lipinski definition) is 2. The maximum Gasteiger partial charge on any atom is 0.389 e. The monoisotopic (exact) mass is 271 g/mol. The van der Waals surface area contributed by atoms with E-state index >= 15 is 0 Å². The molecule has 0 aliphatic rings. The maximum absolute atomic E-state index is 12.1. The Kier molecular flexibility index (Phi) is 3.85. The van der Waals surface area contributed by atoms with Crippen LogP contribution in [0.3, 0.4) is 0 Å². The van der Waals surface area contributed by atoms with Gasteiger partial charge in [-0.2, -0.15) is 13.2 Å². The van der Waals surface area contributed by atoms with Gasteiger partial charge in [-0.3, -0.25) is 0 Å². The first kappa shape index (κ1) is 13.9. The van der Waals surface area contributed by atoms with Gasteiger partial charge in [-0.15, -0.1) is 0 Å². The van der Waals surface area contributed by atoms with Crippen LogP contribution in [0.4, 0.5) is 13.2 Å². The topological polar surface area (TPSA) is 39.2 Å². The zero-order chi connectivity index (χ0) is 14.0. The highest BCUT2D eigenvalue weighted by Crippen LogP contribution is 2.28. The lowest BCUT2D eigenvalue weighted by molar-refractivity contribution is -0.135. The molecule has 1 aromatic heterocycles. The van der Waals surface area contributed by atoms with Gasteiger partial charge in [-0.05, 0) is 38.0 Å². The van der Waals surface area contributed by atoms with Crippen molar-refractivity contribution in [3.63, 3.8) is 0 Å². The molecule has 2 rings (SSSR count). The van der Waals surface area contributed by atoms with E-state index in [9.17, 15) is 13.2 Å². The third kappa shape index (κ3) is 3.73. The third-order valence-electron chi connectivity index (χ3n) is 3.03. The van der Waals surface area contributed by atoms with Crippen LogP contribution in [0.5, 0.6) is 0 Å². The average Bonchev–Trinajstić information content (AvgIpc) is 2.70. The number of benzene rings is 1. The van der Waals surface area contributed by atoms with Crippen LogP contribution < -0.4 is 5.73 Å². The predicted molar refractivity (Wildman–Crippen MR) is 67.8 cm³/mol. The van der Waals surface area contributed by atoms with Gasteiger partial charge in [0, 0.05) is 11.8 Å². The number of hydrogen-bond donors (Lipinski definition) is 1. The molecule has 0 saturated heterocycles. The molecule has 0 spiro atoms. The molecule has 0 bridgehead atoms. The van der Waals surface area contributed by atoms with Crippen LogP contribution in [0.2, 0.25) is 0 Å². The Morgan fingerprint density at radius 2 is 2.00 bits per heavy atom. The molecule has 0 amide bonds. The van der Waals surface area contributed by atoms with Crippen LogP contribution in [0, 0.1) is 6.92 Å². The second-order valence-electron chi connectivity index (χ2n) is 4.80. The third-order valence-corrected chi connectivity index (χ3v) is 3.03. The molecule has 5 heteroatoms. The molecule has 104 valence electrons. The molecule has 0 radical (unpaired) electrons. The molecule has 0 aliphatic heterocycles. The molecule has 0 saturated carbocycles. The number of fused-ring (bicyclic) bond motifs is 1. The second-order valence-corrected chi connectivity index (χ2v) is 4.80. The number of rotatable bonds is 4. The van der Waals surface area contributed by atoms with Crippen molar-refractivity contribution >= 4 is 11.0 Å². The SMILES string of the molecule is Cc1ccc2oc(C(N)CCCC(F)(F)F)cc2c1. The largest absolute Gasteiger partial charge is 0.459 e. The predicted octanol–water partition coefficient (Wildman–Crippen LogP) is 4.47. The first-order valence-electron chi connectivity index (χ1n) is 6.17. The van der Waals surface area contributed by atoms with Gasteiger partial charge in [0.25, 0.3) is 0 Å². The molecular formula is C14H16F3NO. The smallest absolute Gasteiger partial charge is 0.389 e. The lowest BCUT2D eigenvalue weighted by atomic mass is 10.1. The van der Waals surface area contributed by atoms with Crippen LogP contribution in [0.25, 0.3) is 11.0 Å². The normalized spacial score (nSPS) is 13.9. The Hall–Kier alpha value is -1.49. The lowest BCUT2D eigenvalue weighted by Crippen LogP contribution is -2.12. The molecular weight excluding hydrogens is 255 g/mol. The van der Waals surface area contributed by atoms with E-state index in [4.69, 9.17) is 10.2 Å². The van der Waals surface area contributed by atoms with Crippen molar-refractivity contribution in [3.05, 3.63) is 35.6 Å². The second kappa shape index (κ2) is 5.25. The van der Waals surface area contributed by atoms with Crippen molar-refractivity contribution < 1.29 is 17.6 Å². The number of furan rings is 1. The van der Waals surface area contributed by atoms with Gasteiger partial charge in [0.15, 0.2) is 0 Å². The van der Waals surface area contributed by atoms with Crippen molar-refractivity contribution in [2.24, 2.45) is 5.73 Å². The number of aryl methyl sites for hydroxylation is 1. The first-order valence-corrected chi connectivity index (χ1v) is 6.17. The number of nitrogens with two attached hydrogens (primary N) is 1. The molecule has 1 unspecified atom stereocenters. The minimum Gasteiger partial charge on any atom is -0.459 e. The maximum atomic E-state index is 12.1. The summed E-state index contributed by atoms with van der Waals surface area (Å²) >= 11 is 0. The zero-order valence-corrected chi connectivity index (χ0v) is 10.6. The quantitative estimate of drug-likeness (QED) is 0.890. The van der Waals surface area contributed by atoms with Crippen molar-refractivity contribution in [2.75, 3.05) is 0 Å². The van der Waals surface area contributed by atoms with Crippen LogP contribution in [-0.4, -0.2) is 6.18 Å². The molecule has 1 heterocycles. The summed E-state index contributed by atoms with van der Waals surface area (Å²) in [6, 6.07) is 7.04. The fourth-order valence-corrected chi connectivity index (χ4v) is 2.03. The zero-order valence-electron chi connectivity index (χ0n) is 10.6. The van der Waals surface area contributed by atoms with Gasteiger partial charge >= 0.3 is 6.18 Å². The fourth-order valence-electron chi connectivity index (χ4n) is 2.03. The van der Waals surface area contributed by atoms with Crippen molar-refractivity contribution in [1.82, 2.24) is 0 Å². The van der Waals surface area contributed by atoms with Crippen LogP contribution in [0.15, 0.2) is 28.7 Å². The first-order chi connectivity index (χ1) is 8.85. The van der Waals surface area contributed by atoms with Crippen molar-refractivity contribution in [3.8, 4) is 0 Å². The number of alkyl halides is 3. The van der Waals surface area contributed by atoms with Crippen LogP contribution >= 0.6 is 0 Å². The molecule has 1 aromatic carbocycles. The van der Waals surface area contributed by atoms with E-state index in [2.05, 4.69) is 0 Å². The van der Waals surface area contributed by atoms with Crippen LogP contribution in [0.1, 0.15) is 36.6 Å². The van der Waals surface area contributed by atoms with E-state index < -0.39 is 18.6 Å². The summed E-state index contributed by atoms with van der Waals surface area (Å²) in [5, 5.41) is 0.932. The molecule has 2 nitrogen and oxygen atoms in total. The Morgan fingerprint density at radius 3 is 2.68 bits per heavy atom. The van der Waals surface area contributed by atoms with Crippen molar-refractivity contribution in [2.45, 2.75) is 38.4 Å². The van der Waals surface area contributed by atoms with E-state index in [1.165, 1.54) is 0 Å². The molecule has 1 atom stereocenters. The van der Waals surface area contributed by atoms with Gasteiger partial charge < -0.3 is 10.2 Å². The van der Waals surface area contributed by atoms with Gasteiger partial charge in [0.05, 0.1) is 6.04 Å². The average molecular weight is 271 g/mol. The van der Waals surface area contributed by atoms with E-state index in [1.54, 1.807) is 6.07 Å². The van der Waals surface area contributed by atoms with E-state index in [0.717, 1.165) is 10.9 Å². The van der Waals surface area contributed by atoms with Crippen molar-refractivity contribution in [1.29, 1.82) is 0 Å². The Labute approximate surface area is 109 Å². The summed E-state index contributed by atoms with van der Waals surface area (Å²) in [5.74, 6) is 0.544. The fraction of sp³-hybridized carbons (Fsp3) is 0.429. The highest BCUT2D eigenvalue weighted by Gasteiger charge is 2.26. The van der Waals surface area contributed by atoms with Gasteiger partial charge in [-0.25, -0.2) is 0 Å². The van der Waals surface area contributed by atoms with Gasteiger partial charge in [-0.1, -0.05) is 11.6 Å². The van der Waals surface area contributed by atoms with E-state index in [1.807, 2.05) is 25.1 Å². The molecule has 2 aromatic rings. The van der Waals surface area contributed by atoms with E-state index in [0.29, 0.717) is 11.3 Å². The minimum atomic E-state index is -4.12. The summed E-state index contributed by atoms with van der Waals surface area (Å²) in [6.45, 7) is 1.97. The highest BCUT2D eigenvalue weighted by molar-refractivity contribution is 5.78. The number of halogens is 3. The van der Waals surface area contributed by atoms with Gasteiger partial charge in [0.1, 0.15) is 11.3 Å². The summed E-state index contributed by atoms with van der Waals surface area (Å²) in [5.41, 5.74) is 7.68. The summed E-state index contributed by atoms with van der Waals surface area (Å²) in [4.78, 5) is 0. The van der Waals surface area contributed by atoms with Gasteiger partial charge in [0.2, 0.25) is 0 Å². The summed E-state index contributed by atoms with van der Waals surface area (Å²) < 4.78 is 41.7. The minimum absolute atomic E-state index is 0.0146. The molecule has 0 aliphatic carbocycles. The molecule has 19 heavy (non-hydrogen) atoms. The summed E-state index contributed by atoms with van der Waals surface area (Å²) in [6.07, 6.45) is -4.65.